The zero-order valence-electron chi connectivity index (χ0n) is 11.0. The van der Waals surface area contributed by atoms with Gasteiger partial charge in [-0.15, -0.1) is 11.3 Å². The lowest BCUT2D eigenvalue weighted by Crippen LogP contribution is -2.30. The highest BCUT2D eigenvalue weighted by Crippen LogP contribution is 2.36. The number of alkyl halides is 3. The van der Waals surface area contributed by atoms with E-state index in [1.807, 2.05) is 6.07 Å². The molecule has 0 atom stereocenters. The Labute approximate surface area is 131 Å². The van der Waals surface area contributed by atoms with Crippen LogP contribution < -0.4 is 5.73 Å². The Hall–Kier alpha value is -1.28. The summed E-state index contributed by atoms with van der Waals surface area (Å²) in [5.41, 5.74) is 6.25. The molecule has 1 aromatic carbocycles. The van der Waals surface area contributed by atoms with Crippen LogP contribution in [0, 0.1) is 0 Å². The molecule has 2 rings (SSSR count). The molecule has 0 aliphatic rings. The molecular weight excluding hydrogens is 369 g/mol. The minimum Gasteiger partial charge on any atom is -0.397 e. The Morgan fingerprint density at radius 1 is 1.43 bits per heavy atom. The second-order valence-corrected chi connectivity index (χ2v) is 6.55. The van der Waals surface area contributed by atoms with Gasteiger partial charge in [-0.2, -0.15) is 13.2 Å². The molecule has 114 valence electrons. The quantitative estimate of drug-likeness (QED) is 0.863. The second-order valence-electron chi connectivity index (χ2n) is 4.58. The first-order chi connectivity index (χ1) is 9.69. The van der Waals surface area contributed by atoms with Gasteiger partial charge >= 0.3 is 6.18 Å². The Balaban J connectivity index is 2.25. The first-order valence-electron chi connectivity index (χ1n) is 5.99. The molecule has 0 unspecified atom stereocenters. The molecule has 1 aromatic heterocycles. The van der Waals surface area contributed by atoms with Crippen molar-refractivity contribution in [3.05, 3.63) is 27.5 Å². The summed E-state index contributed by atoms with van der Waals surface area (Å²) in [6.07, 6.45) is -5.32. The Kier molecular flexibility index (Phi) is 4.48. The van der Waals surface area contributed by atoms with Crippen LogP contribution in [0.25, 0.3) is 10.1 Å². The maximum Gasteiger partial charge on any atom is 0.390 e. The molecule has 1 amide bonds. The molecule has 0 spiro atoms. The minimum absolute atomic E-state index is 0.271. The van der Waals surface area contributed by atoms with Crippen molar-refractivity contribution in [1.29, 1.82) is 0 Å². The van der Waals surface area contributed by atoms with Crippen molar-refractivity contribution in [1.82, 2.24) is 4.90 Å². The number of benzene rings is 1. The third kappa shape index (κ3) is 3.68. The van der Waals surface area contributed by atoms with Crippen LogP contribution in [0.5, 0.6) is 0 Å². The summed E-state index contributed by atoms with van der Waals surface area (Å²) in [5.74, 6) is -0.492. The van der Waals surface area contributed by atoms with Crippen LogP contribution in [0.2, 0.25) is 0 Å². The molecule has 0 aliphatic carbocycles. The molecule has 0 bridgehead atoms. The molecule has 0 aliphatic heterocycles. The maximum absolute atomic E-state index is 12.2. The average Bonchev–Trinajstić information content (AvgIpc) is 2.71. The monoisotopic (exact) mass is 380 g/mol. The van der Waals surface area contributed by atoms with Crippen molar-refractivity contribution in [3.8, 4) is 0 Å². The van der Waals surface area contributed by atoms with Gasteiger partial charge in [0.1, 0.15) is 4.88 Å². The van der Waals surface area contributed by atoms with Crippen LogP contribution in [-0.2, 0) is 0 Å². The third-order valence-electron chi connectivity index (χ3n) is 2.96. The zero-order valence-corrected chi connectivity index (χ0v) is 13.4. The number of carbonyl (C=O) groups is 1. The molecule has 0 fully saturated rings. The van der Waals surface area contributed by atoms with Gasteiger partial charge in [0.15, 0.2) is 0 Å². The van der Waals surface area contributed by atoms with Crippen LogP contribution in [-0.4, -0.2) is 30.6 Å². The van der Waals surface area contributed by atoms with E-state index >= 15 is 0 Å². The Morgan fingerprint density at radius 2 is 2.10 bits per heavy atom. The van der Waals surface area contributed by atoms with Gasteiger partial charge in [0, 0.05) is 28.2 Å². The fourth-order valence-corrected chi connectivity index (χ4v) is 3.49. The smallest absolute Gasteiger partial charge is 0.390 e. The molecule has 3 nitrogen and oxygen atoms in total. The number of nitrogens with two attached hydrogens (primary N) is 1. The molecule has 0 saturated heterocycles. The van der Waals surface area contributed by atoms with E-state index in [0.717, 1.165) is 19.5 Å². The molecule has 0 saturated carbocycles. The van der Waals surface area contributed by atoms with E-state index in [-0.39, 0.29) is 11.4 Å². The number of thiophene rings is 1. The van der Waals surface area contributed by atoms with E-state index in [1.54, 1.807) is 12.1 Å². The van der Waals surface area contributed by atoms with Crippen molar-refractivity contribution < 1.29 is 18.0 Å². The predicted octanol–water partition coefficient (Wildman–Crippen LogP) is 4.27. The van der Waals surface area contributed by atoms with Crippen molar-refractivity contribution in [3.63, 3.8) is 0 Å². The van der Waals surface area contributed by atoms with Gasteiger partial charge < -0.3 is 10.6 Å². The third-order valence-corrected chi connectivity index (χ3v) is 4.61. The molecule has 1 heterocycles. The van der Waals surface area contributed by atoms with E-state index in [1.165, 1.54) is 18.4 Å². The molecule has 2 aromatic rings. The molecule has 0 radical (unpaired) electrons. The lowest BCUT2D eigenvalue weighted by Gasteiger charge is -2.17. The van der Waals surface area contributed by atoms with Gasteiger partial charge in [-0.05, 0) is 12.1 Å². The van der Waals surface area contributed by atoms with Gasteiger partial charge in [0.2, 0.25) is 0 Å². The van der Waals surface area contributed by atoms with Crippen molar-refractivity contribution >= 4 is 48.9 Å². The fraction of sp³-hybridized carbons (Fsp3) is 0.308. The van der Waals surface area contributed by atoms with Gasteiger partial charge in [-0.3, -0.25) is 4.79 Å². The summed E-state index contributed by atoms with van der Waals surface area (Å²) in [6.45, 7) is -0.389. The highest BCUT2D eigenvalue weighted by molar-refractivity contribution is 9.10. The average molecular weight is 381 g/mol. The second kappa shape index (κ2) is 5.84. The number of amides is 1. The Bertz CT molecular complexity index is 684. The summed E-state index contributed by atoms with van der Waals surface area (Å²) in [4.78, 5) is 13.5. The van der Waals surface area contributed by atoms with E-state index in [9.17, 15) is 18.0 Å². The number of hydrogen-bond donors (Lipinski definition) is 1. The normalized spacial score (nSPS) is 11.9. The lowest BCUT2D eigenvalue weighted by molar-refractivity contribution is -0.136. The number of nitrogen functional groups attached to an aromatic ring is 1. The van der Waals surface area contributed by atoms with E-state index in [4.69, 9.17) is 5.73 Å². The molecular formula is C13H12BrF3N2OS. The van der Waals surface area contributed by atoms with Gasteiger partial charge in [-0.25, -0.2) is 0 Å². The van der Waals surface area contributed by atoms with E-state index < -0.39 is 18.5 Å². The van der Waals surface area contributed by atoms with Crippen molar-refractivity contribution in [2.75, 3.05) is 19.3 Å². The number of fused-ring (bicyclic) bond motifs is 1. The van der Waals surface area contributed by atoms with Crippen molar-refractivity contribution in [2.24, 2.45) is 0 Å². The summed E-state index contributed by atoms with van der Waals surface area (Å²) in [6, 6.07) is 5.40. The Morgan fingerprint density at radius 3 is 2.71 bits per heavy atom. The van der Waals surface area contributed by atoms with E-state index in [0.29, 0.717) is 5.69 Å². The highest BCUT2D eigenvalue weighted by Gasteiger charge is 2.29. The number of nitrogens with zero attached hydrogens (tertiary/aromatic N) is 1. The van der Waals surface area contributed by atoms with Crippen LogP contribution in [0.15, 0.2) is 22.7 Å². The number of anilines is 1. The number of halogens is 4. The summed E-state index contributed by atoms with van der Waals surface area (Å²) in [7, 11) is 1.34. The van der Waals surface area contributed by atoms with Crippen LogP contribution in [0.4, 0.5) is 18.9 Å². The first kappa shape index (κ1) is 16.1. The number of hydrogen-bond acceptors (Lipinski definition) is 3. The SMILES string of the molecule is CN(CCC(F)(F)F)C(=O)c1sc2cc(Br)ccc2c1N. The first-order valence-corrected chi connectivity index (χ1v) is 7.60. The molecule has 21 heavy (non-hydrogen) atoms. The topological polar surface area (TPSA) is 46.3 Å². The van der Waals surface area contributed by atoms with Gasteiger partial charge in [0.05, 0.1) is 12.1 Å². The predicted molar refractivity (Wildman–Crippen MR) is 81.6 cm³/mol. The largest absolute Gasteiger partial charge is 0.397 e. The van der Waals surface area contributed by atoms with Gasteiger partial charge in [-0.1, -0.05) is 22.0 Å². The van der Waals surface area contributed by atoms with Crippen LogP contribution in [0.1, 0.15) is 16.1 Å². The van der Waals surface area contributed by atoms with E-state index in [2.05, 4.69) is 15.9 Å². The number of rotatable bonds is 3. The number of carbonyl (C=O) groups excluding carboxylic acids is 1. The summed E-state index contributed by atoms with van der Waals surface area (Å²) >= 11 is 4.50. The standard InChI is InChI=1S/C13H12BrF3N2OS/c1-19(5-4-13(15,16)17)12(20)11-10(18)8-3-2-7(14)6-9(8)21-11/h2-3,6H,4-5,18H2,1H3. The van der Waals surface area contributed by atoms with Crippen LogP contribution in [0.3, 0.4) is 0 Å². The van der Waals surface area contributed by atoms with Crippen LogP contribution >= 0.6 is 27.3 Å². The molecule has 2 N–H and O–H groups in total. The molecule has 8 heteroatoms. The summed E-state index contributed by atoms with van der Waals surface area (Å²) < 4.78 is 38.3. The summed E-state index contributed by atoms with van der Waals surface area (Å²) in [5, 5.41) is 0.732. The minimum atomic E-state index is -4.29. The maximum atomic E-state index is 12.2. The zero-order chi connectivity index (χ0) is 15.8. The van der Waals surface area contributed by atoms with Gasteiger partial charge in [0.25, 0.3) is 5.91 Å². The highest BCUT2D eigenvalue weighted by atomic mass is 79.9. The fourth-order valence-electron chi connectivity index (χ4n) is 1.82. The lowest BCUT2D eigenvalue weighted by atomic mass is 10.2. The van der Waals surface area contributed by atoms with Crippen molar-refractivity contribution in [2.45, 2.75) is 12.6 Å².